The first-order valence-electron chi connectivity index (χ1n) is 8.31. The number of hydrogen-bond acceptors (Lipinski definition) is 0. The first kappa shape index (κ1) is 16.1. The molecular weight excluding hydrogens is 216 g/mol. The molecule has 0 unspecified atom stereocenters. The maximum atomic E-state index is 2.37. The molecule has 0 N–H and O–H groups in total. The lowest BCUT2D eigenvalue weighted by molar-refractivity contribution is 0.188. The van der Waals surface area contributed by atoms with Crippen LogP contribution in [0.4, 0.5) is 0 Å². The topological polar surface area (TPSA) is 0 Å². The van der Waals surface area contributed by atoms with Gasteiger partial charge in [-0.3, -0.25) is 0 Å². The first-order valence-corrected chi connectivity index (χ1v) is 8.31. The van der Waals surface area contributed by atoms with E-state index in [0.717, 1.165) is 23.7 Å². The molecule has 0 aromatic rings. The van der Waals surface area contributed by atoms with Crippen LogP contribution in [0.3, 0.4) is 0 Å². The fourth-order valence-corrected chi connectivity index (χ4v) is 4.22. The van der Waals surface area contributed by atoms with E-state index in [1.165, 1.54) is 38.5 Å². The summed E-state index contributed by atoms with van der Waals surface area (Å²) in [6.45, 7) is 4.74. The van der Waals surface area contributed by atoms with Crippen LogP contribution in [-0.4, -0.2) is 0 Å². The van der Waals surface area contributed by atoms with Crippen molar-refractivity contribution in [3.8, 4) is 0 Å². The van der Waals surface area contributed by atoms with E-state index in [1.807, 2.05) is 0 Å². The Balaban J connectivity index is 0.00000162. The minimum absolute atomic E-state index is 0. The van der Waals surface area contributed by atoms with Gasteiger partial charge in [-0.2, -0.15) is 0 Å². The summed E-state index contributed by atoms with van der Waals surface area (Å²) in [5.41, 5.74) is 0. The standard InChI is InChI=1S/C17H32.CH4.H2/c1-3-14-5-9-16(10-6-14)13-17-11-7-15(4-2)8-12-17;;/h14-17H,3-13H2,1-2H3;1H4;1H/i;;1+1. The third-order valence-corrected chi connectivity index (χ3v) is 5.75. The second-order valence-electron chi connectivity index (χ2n) is 6.83. The first-order chi connectivity index (χ1) is 8.31. The van der Waals surface area contributed by atoms with Crippen LogP contribution < -0.4 is 0 Å². The molecule has 2 rings (SSSR count). The summed E-state index contributed by atoms with van der Waals surface area (Å²) in [5.74, 6) is 4.34. The Kier molecular flexibility index (Phi) is 7.34. The monoisotopic (exact) mass is 255 g/mol. The van der Waals surface area contributed by atoms with Gasteiger partial charge in [0, 0.05) is 1.43 Å². The van der Waals surface area contributed by atoms with E-state index in [2.05, 4.69) is 13.8 Å². The van der Waals surface area contributed by atoms with Gasteiger partial charge in [0.15, 0.2) is 0 Å². The van der Waals surface area contributed by atoms with Crippen LogP contribution in [0, 0.1) is 23.7 Å². The van der Waals surface area contributed by atoms with Gasteiger partial charge < -0.3 is 0 Å². The number of rotatable bonds is 4. The molecular formula is C18H38. The molecule has 2 fully saturated rings. The predicted octanol–water partition coefficient (Wildman–Crippen LogP) is 6.69. The highest BCUT2D eigenvalue weighted by atomic mass is 14.3. The lowest BCUT2D eigenvalue weighted by Gasteiger charge is -2.33. The van der Waals surface area contributed by atoms with E-state index in [-0.39, 0.29) is 8.85 Å². The summed E-state index contributed by atoms with van der Waals surface area (Å²) in [6.07, 6.45) is 16.8. The number of hydrogen-bond donors (Lipinski definition) is 0. The van der Waals surface area contributed by atoms with Gasteiger partial charge in [0.2, 0.25) is 0 Å². The van der Waals surface area contributed by atoms with Gasteiger partial charge in [0.1, 0.15) is 0 Å². The van der Waals surface area contributed by atoms with Gasteiger partial charge in [-0.1, -0.05) is 85.5 Å². The second-order valence-corrected chi connectivity index (χ2v) is 6.83. The Morgan fingerprint density at radius 3 is 1.17 bits per heavy atom. The van der Waals surface area contributed by atoms with Gasteiger partial charge in [0.25, 0.3) is 0 Å². The Hall–Kier alpha value is 0. The molecule has 0 aliphatic heterocycles. The van der Waals surface area contributed by atoms with Gasteiger partial charge in [-0.05, 0) is 30.1 Å². The highest BCUT2D eigenvalue weighted by molar-refractivity contribution is 4.78. The van der Waals surface area contributed by atoms with Crippen LogP contribution in [0.2, 0.25) is 0 Å². The minimum Gasteiger partial charge on any atom is -0.0776 e. The minimum atomic E-state index is 0. The molecule has 0 nitrogen and oxygen atoms in total. The maximum absolute atomic E-state index is 2.37. The van der Waals surface area contributed by atoms with E-state index in [0.29, 0.717) is 0 Å². The van der Waals surface area contributed by atoms with Crippen molar-refractivity contribution in [2.24, 2.45) is 23.7 Å². The Labute approximate surface area is 117 Å². The molecule has 0 amide bonds. The zero-order valence-corrected chi connectivity index (χ0v) is 12.1. The van der Waals surface area contributed by atoms with Gasteiger partial charge in [-0.25, -0.2) is 0 Å². The molecule has 0 spiro atoms. The fourth-order valence-electron chi connectivity index (χ4n) is 4.22. The van der Waals surface area contributed by atoms with Crippen molar-refractivity contribution in [3.63, 3.8) is 0 Å². The molecule has 0 aromatic heterocycles. The van der Waals surface area contributed by atoms with Crippen LogP contribution in [0.5, 0.6) is 0 Å². The summed E-state index contributed by atoms with van der Waals surface area (Å²) in [4.78, 5) is 0. The SMILES string of the molecule is C.CCC1CCC(CC2CCC(CC)CC2)CC1.[2HH]. The summed E-state index contributed by atoms with van der Waals surface area (Å²) >= 11 is 0. The average Bonchev–Trinajstić information content (AvgIpc) is 2.40. The van der Waals surface area contributed by atoms with Crippen LogP contribution >= 0.6 is 0 Å². The summed E-state index contributed by atoms with van der Waals surface area (Å²) in [7, 11) is 0. The van der Waals surface area contributed by atoms with Crippen molar-refractivity contribution in [2.45, 2.75) is 91.9 Å². The summed E-state index contributed by atoms with van der Waals surface area (Å²) < 4.78 is 0. The van der Waals surface area contributed by atoms with Crippen molar-refractivity contribution in [3.05, 3.63) is 0 Å². The normalized spacial score (nSPS) is 37.0. The molecule has 0 heteroatoms. The summed E-state index contributed by atoms with van der Waals surface area (Å²) in [5, 5.41) is 0. The average molecular weight is 256 g/mol. The Bertz CT molecular complexity index is 176. The molecule has 0 saturated heterocycles. The molecule has 0 heterocycles. The largest absolute Gasteiger partial charge is 0.0776 e. The third kappa shape index (κ3) is 4.59. The molecule has 18 heavy (non-hydrogen) atoms. The molecule has 2 aliphatic carbocycles. The van der Waals surface area contributed by atoms with E-state index < -0.39 is 0 Å². The zero-order valence-electron chi connectivity index (χ0n) is 12.1. The van der Waals surface area contributed by atoms with Gasteiger partial charge in [-0.15, -0.1) is 0 Å². The maximum Gasteiger partial charge on any atom is 0 e. The molecule has 0 aromatic carbocycles. The molecule has 2 saturated carbocycles. The van der Waals surface area contributed by atoms with Crippen LogP contribution in [0.15, 0.2) is 0 Å². The fraction of sp³-hybridized carbons (Fsp3) is 1.00. The molecule has 2 aliphatic rings. The van der Waals surface area contributed by atoms with E-state index in [1.54, 1.807) is 32.1 Å². The highest BCUT2D eigenvalue weighted by Crippen LogP contribution is 2.39. The van der Waals surface area contributed by atoms with Crippen LogP contribution in [0.25, 0.3) is 0 Å². The van der Waals surface area contributed by atoms with Crippen molar-refractivity contribution in [2.75, 3.05) is 0 Å². The van der Waals surface area contributed by atoms with Crippen molar-refractivity contribution >= 4 is 0 Å². The Morgan fingerprint density at radius 2 is 0.889 bits per heavy atom. The third-order valence-electron chi connectivity index (χ3n) is 5.75. The molecule has 0 radical (unpaired) electrons. The van der Waals surface area contributed by atoms with Crippen molar-refractivity contribution < 1.29 is 1.43 Å². The van der Waals surface area contributed by atoms with E-state index in [4.69, 9.17) is 0 Å². The van der Waals surface area contributed by atoms with Crippen molar-refractivity contribution in [1.82, 2.24) is 0 Å². The van der Waals surface area contributed by atoms with E-state index in [9.17, 15) is 0 Å². The zero-order chi connectivity index (χ0) is 12.1. The quantitative estimate of drug-likeness (QED) is 0.525. The Morgan fingerprint density at radius 1 is 0.611 bits per heavy atom. The lowest BCUT2D eigenvalue weighted by Crippen LogP contribution is -2.20. The smallest absolute Gasteiger partial charge is 0 e. The van der Waals surface area contributed by atoms with E-state index >= 15 is 0 Å². The predicted molar refractivity (Wildman–Crippen MR) is 84.9 cm³/mol. The van der Waals surface area contributed by atoms with Gasteiger partial charge in [0.05, 0.1) is 0 Å². The van der Waals surface area contributed by atoms with Gasteiger partial charge >= 0.3 is 0 Å². The molecule has 0 bridgehead atoms. The van der Waals surface area contributed by atoms with Crippen LogP contribution in [-0.2, 0) is 0 Å². The van der Waals surface area contributed by atoms with Crippen molar-refractivity contribution in [1.29, 1.82) is 0 Å². The highest BCUT2D eigenvalue weighted by Gasteiger charge is 2.25. The lowest BCUT2D eigenvalue weighted by atomic mass is 9.72. The molecule has 0 atom stereocenters. The van der Waals surface area contributed by atoms with Crippen LogP contribution in [0.1, 0.15) is 93.3 Å². The second kappa shape index (κ2) is 8.23. The summed E-state index contributed by atoms with van der Waals surface area (Å²) in [6, 6.07) is 0. The molecule has 110 valence electrons.